The molecule has 0 saturated carbocycles. The second-order valence-corrected chi connectivity index (χ2v) is 15.5. The molecule has 1 aliphatic rings. The molecule has 0 fully saturated rings. The van der Waals surface area contributed by atoms with E-state index < -0.39 is 5.41 Å². The Labute approximate surface area is 358 Å². The Morgan fingerprint density at radius 3 is 1.35 bits per heavy atom. The van der Waals surface area contributed by atoms with Gasteiger partial charge in [0.2, 0.25) is 0 Å². The van der Waals surface area contributed by atoms with Crippen LogP contribution in [0.5, 0.6) is 0 Å². The molecule has 0 saturated heterocycles. The van der Waals surface area contributed by atoms with Crippen molar-refractivity contribution in [2.45, 2.75) is 5.41 Å². The minimum Gasteiger partial charge on any atom is -0.309 e. The van der Waals surface area contributed by atoms with Crippen LogP contribution in [0.1, 0.15) is 64.1 Å². The molecule has 1 aromatic heterocycles. The van der Waals surface area contributed by atoms with Crippen molar-refractivity contribution in [1.82, 2.24) is 4.57 Å². The van der Waals surface area contributed by atoms with Gasteiger partial charge in [0, 0.05) is 43.0 Å². The molecule has 3 nitrogen and oxygen atoms in total. The van der Waals surface area contributed by atoms with Gasteiger partial charge in [0.25, 0.3) is 0 Å². The van der Waals surface area contributed by atoms with Gasteiger partial charge in [0.05, 0.1) is 22.1 Å². The summed E-state index contributed by atoms with van der Waals surface area (Å²) < 4.78 is 2.34. The van der Waals surface area contributed by atoms with Gasteiger partial charge < -0.3 is 4.57 Å². The average molecular weight is 782 g/mol. The third kappa shape index (κ3) is 5.51. The summed E-state index contributed by atoms with van der Waals surface area (Å²) in [6.07, 6.45) is 0. The van der Waals surface area contributed by atoms with E-state index in [2.05, 4.69) is 126 Å². The zero-order valence-corrected chi connectivity index (χ0v) is 32.6. The molecule has 60 heavy (non-hydrogen) atoms. The number of benzene rings is 9. The van der Waals surface area contributed by atoms with Crippen LogP contribution < -0.4 is 0 Å². The van der Waals surface area contributed by atoms with Gasteiger partial charge in [0.15, 0.2) is 11.6 Å². The Bertz CT molecular complexity index is 3230. The predicted molar refractivity (Wildman–Crippen MR) is 258 cm³/mol. The number of aromatic nitrogens is 1. The number of rotatable bonds is 8. The Kier molecular flexibility index (Phi) is 8.35. The molecule has 0 radical (unpaired) electrons. The van der Waals surface area contributed by atoms with Crippen LogP contribution >= 0.6 is 0 Å². The van der Waals surface area contributed by atoms with E-state index in [4.69, 9.17) is 0 Å². The van der Waals surface area contributed by atoms with Gasteiger partial charge in [-0.15, -0.1) is 0 Å². The van der Waals surface area contributed by atoms with E-state index in [9.17, 15) is 9.59 Å². The quantitative estimate of drug-likeness (QED) is 0.144. The molecular formula is C57H51NO2. The Morgan fingerprint density at radius 2 is 0.800 bits per heavy atom. The molecule has 2 heterocycles. The summed E-state index contributed by atoms with van der Waals surface area (Å²) in [7, 11) is 0. The number of carbonyl (C=O) groups is 2. The number of carbonyl (C=O) groups excluding carboxylic acids is 2. The van der Waals surface area contributed by atoms with Gasteiger partial charge in [-0.2, -0.15) is 0 Å². The Balaban J connectivity index is 0.00000140. The van der Waals surface area contributed by atoms with Crippen molar-refractivity contribution in [2.75, 3.05) is 0 Å². The van der Waals surface area contributed by atoms with Crippen LogP contribution in [0, 0.1) is 0 Å². The van der Waals surface area contributed by atoms with Crippen LogP contribution in [0.3, 0.4) is 0 Å². The number of para-hydroxylation sites is 1. The second-order valence-electron chi connectivity index (χ2n) is 15.5. The highest BCUT2D eigenvalue weighted by Gasteiger charge is 2.45. The minimum absolute atomic E-state index is 0. The van der Waals surface area contributed by atoms with Crippen molar-refractivity contribution >= 4 is 33.4 Å². The zero-order valence-electron chi connectivity index (χ0n) is 32.6. The van der Waals surface area contributed by atoms with Gasteiger partial charge in [-0.25, -0.2) is 0 Å². The Hall–Kier alpha value is -7.88. The third-order valence-electron chi connectivity index (χ3n) is 12.3. The van der Waals surface area contributed by atoms with E-state index in [-0.39, 0.29) is 21.6 Å². The van der Waals surface area contributed by atoms with E-state index >= 15 is 0 Å². The maximum atomic E-state index is 14.9. The summed E-state index contributed by atoms with van der Waals surface area (Å²) in [5.74, 6) is -0.116. The average Bonchev–Trinajstić information content (AvgIpc) is 3.66. The largest absolute Gasteiger partial charge is 0.309 e. The lowest BCUT2D eigenvalue weighted by molar-refractivity contribution is 0.103. The smallest absolute Gasteiger partial charge is 0.193 e. The molecule has 9 aromatic carbocycles. The van der Waals surface area contributed by atoms with Crippen molar-refractivity contribution in [3.63, 3.8) is 0 Å². The first-order valence-electron chi connectivity index (χ1n) is 20.3. The molecule has 0 spiro atoms. The molecule has 296 valence electrons. The maximum absolute atomic E-state index is 14.9. The first-order valence-corrected chi connectivity index (χ1v) is 20.3. The standard InChI is InChI=1S/C57H37NO2.7H2/c59-55(42-29-25-40(26-30-42)38-15-5-1-6-16-38)44-33-34-52-48(35-44)49-36-45(56(60)43-31-27-41(28-32-43)39-17-7-2-8-18-39)37-51-54(49)58(52)53-24-14-13-23-50(53)57(51,46-19-9-3-10-20-46)47-21-11-4-12-22-47;;;;;;;/h1-37H;7*1H. The highest BCUT2D eigenvalue weighted by Crippen LogP contribution is 2.54. The van der Waals surface area contributed by atoms with Crippen molar-refractivity contribution in [1.29, 1.82) is 0 Å². The summed E-state index contributed by atoms with van der Waals surface area (Å²) in [5.41, 5.74) is 13.3. The fourth-order valence-corrected chi connectivity index (χ4v) is 9.47. The molecule has 0 unspecified atom stereocenters. The fourth-order valence-electron chi connectivity index (χ4n) is 9.47. The lowest BCUT2D eigenvalue weighted by Gasteiger charge is -2.42. The van der Waals surface area contributed by atoms with E-state index in [1.165, 1.54) is 0 Å². The summed E-state index contributed by atoms with van der Waals surface area (Å²) >= 11 is 0. The number of hydrogen-bond acceptors (Lipinski definition) is 2. The van der Waals surface area contributed by atoms with Crippen LogP contribution in [0.4, 0.5) is 0 Å². The highest BCUT2D eigenvalue weighted by atomic mass is 16.1. The van der Waals surface area contributed by atoms with E-state index in [1.54, 1.807) is 0 Å². The van der Waals surface area contributed by atoms with Crippen molar-refractivity contribution in [3.8, 4) is 27.9 Å². The molecule has 0 aliphatic carbocycles. The molecule has 3 heteroatoms. The lowest BCUT2D eigenvalue weighted by atomic mass is 9.63. The SMILES string of the molecule is O=C(c1ccc(-c2ccccc2)cc1)c1ccc2c(c1)c1cc(C(=O)c3ccc(-c4ccccc4)cc3)cc3c1n2-c1ccccc1C3(c1ccccc1)c1ccccc1.[HH].[HH].[HH].[HH].[HH].[HH].[HH]. The van der Waals surface area contributed by atoms with Crippen LogP contribution in [-0.2, 0) is 5.41 Å². The Morgan fingerprint density at radius 1 is 0.367 bits per heavy atom. The maximum Gasteiger partial charge on any atom is 0.193 e. The van der Waals surface area contributed by atoms with Gasteiger partial charge in [0.1, 0.15) is 0 Å². The van der Waals surface area contributed by atoms with Crippen LogP contribution in [0.2, 0.25) is 0 Å². The minimum atomic E-state index is -0.769. The van der Waals surface area contributed by atoms with E-state index in [0.29, 0.717) is 22.3 Å². The van der Waals surface area contributed by atoms with E-state index in [1.807, 2.05) is 103 Å². The van der Waals surface area contributed by atoms with Gasteiger partial charge in [-0.05, 0) is 80.9 Å². The molecule has 10 aromatic rings. The van der Waals surface area contributed by atoms with Gasteiger partial charge >= 0.3 is 0 Å². The van der Waals surface area contributed by atoms with Gasteiger partial charge in [-0.1, -0.05) is 188 Å². The molecule has 0 atom stereocenters. The lowest BCUT2D eigenvalue weighted by Crippen LogP contribution is -2.35. The van der Waals surface area contributed by atoms with Crippen LogP contribution in [-0.4, -0.2) is 16.1 Å². The summed E-state index contributed by atoms with van der Waals surface area (Å²) in [4.78, 5) is 29.3. The highest BCUT2D eigenvalue weighted by molar-refractivity contribution is 6.19. The van der Waals surface area contributed by atoms with Crippen molar-refractivity contribution < 1.29 is 19.6 Å². The monoisotopic (exact) mass is 781 g/mol. The summed E-state index contributed by atoms with van der Waals surface area (Å²) in [6.45, 7) is 0. The molecular weight excluding hydrogens is 731 g/mol. The number of hydrogen-bond donors (Lipinski definition) is 0. The zero-order chi connectivity index (χ0) is 40.2. The molecule has 0 bridgehead atoms. The normalized spacial score (nSPS) is 12.6. The predicted octanol–water partition coefficient (Wildman–Crippen LogP) is 15.0. The molecule has 1 aliphatic heterocycles. The first-order chi connectivity index (χ1) is 29.6. The molecule has 11 rings (SSSR count). The van der Waals surface area contributed by atoms with Crippen LogP contribution in [0.25, 0.3) is 49.7 Å². The number of nitrogens with zero attached hydrogens (tertiary/aromatic N) is 1. The third-order valence-corrected chi connectivity index (χ3v) is 12.3. The van der Waals surface area contributed by atoms with Gasteiger partial charge in [-0.3, -0.25) is 9.59 Å². The second kappa shape index (κ2) is 14.2. The molecule has 0 amide bonds. The topological polar surface area (TPSA) is 39.1 Å². The fraction of sp³-hybridized carbons (Fsp3) is 0.0175. The summed E-state index contributed by atoms with van der Waals surface area (Å²) in [6, 6.07) is 76.3. The van der Waals surface area contributed by atoms with Crippen LogP contribution in [0.15, 0.2) is 224 Å². The first kappa shape index (κ1) is 35.3. The number of fused-ring (bicyclic) bond motifs is 5. The molecule has 0 N–H and O–H groups in total. The van der Waals surface area contributed by atoms with Crippen molar-refractivity contribution in [3.05, 3.63) is 269 Å². The van der Waals surface area contributed by atoms with Crippen molar-refractivity contribution in [2.24, 2.45) is 0 Å². The summed E-state index contributed by atoms with van der Waals surface area (Å²) in [5, 5.41) is 1.84. The van der Waals surface area contributed by atoms with E-state index in [0.717, 1.165) is 72.0 Å². The number of ketones is 2.